The molecule has 0 spiro atoms. The summed E-state index contributed by atoms with van der Waals surface area (Å²) in [6, 6.07) is 12.9. The van der Waals surface area contributed by atoms with Crippen LogP contribution in [0, 0.1) is 13.8 Å². The van der Waals surface area contributed by atoms with E-state index in [2.05, 4.69) is 10.3 Å². The second-order valence-corrected chi connectivity index (χ2v) is 6.67. The second kappa shape index (κ2) is 7.11. The first kappa shape index (κ1) is 17.2. The van der Waals surface area contributed by atoms with E-state index >= 15 is 0 Å². The molecule has 5 heteroatoms. The maximum atomic E-state index is 12.8. The van der Waals surface area contributed by atoms with E-state index in [9.17, 15) is 4.79 Å². The number of amides is 1. The zero-order valence-electron chi connectivity index (χ0n) is 14.5. The highest BCUT2D eigenvalue weighted by atomic mass is 35.5. The lowest BCUT2D eigenvalue weighted by Gasteiger charge is -2.19. The van der Waals surface area contributed by atoms with Gasteiger partial charge in [-0.3, -0.25) is 4.79 Å². The molecule has 0 fully saturated rings. The van der Waals surface area contributed by atoms with Crippen LogP contribution in [0.15, 0.2) is 54.9 Å². The van der Waals surface area contributed by atoms with Gasteiger partial charge in [-0.15, -0.1) is 0 Å². The molecular weight excluding hydrogens is 334 g/mol. The minimum Gasteiger partial charge on any atom is -0.338 e. The highest BCUT2D eigenvalue weighted by Gasteiger charge is 2.21. The molecule has 2 aromatic carbocycles. The van der Waals surface area contributed by atoms with Gasteiger partial charge in [0.1, 0.15) is 11.9 Å². The van der Waals surface area contributed by atoms with Gasteiger partial charge in [0.2, 0.25) is 0 Å². The first-order valence-electron chi connectivity index (χ1n) is 8.06. The number of imidazole rings is 1. The third kappa shape index (κ3) is 3.91. The molecule has 0 aliphatic rings. The maximum Gasteiger partial charge on any atom is 0.252 e. The fraction of sp³-hybridized carbons (Fsp3) is 0.200. The average molecular weight is 354 g/mol. The Balaban J connectivity index is 1.96. The molecule has 1 N–H and O–H groups in total. The van der Waals surface area contributed by atoms with Crippen LogP contribution in [-0.4, -0.2) is 15.5 Å². The van der Waals surface area contributed by atoms with Crippen LogP contribution in [0.3, 0.4) is 0 Å². The normalized spacial score (nSPS) is 12.0. The van der Waals surface area contributed by atoms with Crippen LogP contribution in [0.5, 0.6) is 0 Å². The number of benzene rings is 2. The molecule has 0 radical (unpaired) electrons. The number of halogens is 1. The van der Waals surface area contributed by atoms with Crippen LogP contribution in [-0.2, 0) is 7.05 Å². The first-order chi connectivity index (χ1) is 11.9. The van der Waals surface area contributed by atoms with Crippen LogP contribution in [0.1, 0.15) is 38.9 Å². The lowest BCUT2D eigenvalue weighted by Crippen LogP contribution is -2.31. The molecule has 0 aliphatic carbocycles. The van der Waals surface area contributed by atoms with E-state index in [1.807, 2.05) is 74.1 Å². The van der Waals surface area contributed by atoms with E-state index < -0.39 is 0 Å². The van der Waals surface area contributed by atoms with Gasteiger partial charge in [0.25, 0.3) is 5.91 Å². The summed E-state index contributed by atoms with van der Waals surface area (Å²) in [7, 11) is 1.91. The quantitative estimate of drug-likeness (QED) is 0.763. The number of nitrogens with zero attached hydrogens (tertiary/aromatic N) is 2. The van der Waals surface area contributed by atoms with Crippen molar-refractivity contribution < 1.29 is 4.79 Å². The number of hydrogen-bond acceptors (Lipinski definition) is 2. The van der Waals surface area contributed by atoms with Gasteiger partial charge < -0.3 is 9.88 Å². The zero-order valence-corrected chi connectivity index (χ0v) is 15.2. The minimum absolute atomic E-state index is 0.130. The van der Waals surface area contributed by atoms with Crippen LogP contribution in [0.25, 0.3) is 0 Å². The van der Waals surface area contributed by atoms with Gasteiger partial charge in [0.05, 0.1) is 0 Å². The smallest absolute Gasteiger partial charge is 0.252 e. The third-order valence-corrected chi connectivity index (χ3v) is 4.33. The number of nitrogens with one attached hydrogen (secondary N) is 1. The van der Waals surface area contributed by atoms with Crippen molar-refractivity contribution in [3.05, 3.63) is 88.0 Å². The van der Waals surface area contributed by atoms with Gasteiger partial charge in [-0.1, -0.05) is 40.9 Å². The van der Waals surface area contributed by atoms with Crippen molar-refractivity contribution in [1.29, 1.82) is 0 Å². The zero-order chi connectivity index (χ0) is 18.0. The van der Waals surface area contributed by atoms with Crippen molar-refractivity contribution in [2.24, 2.45) is 7.05 Å². The molecule has 3 aromatic rings. The molecule has 0 aliphatic heterocycles. The van der Waals surface area contributed by atoms with Gasteiger partial charge in [-0.2, -0.15) is 0 Å². The fourth-order valence-electron chi connectivity index (χ4n) is 2.93. The van der Waals surface area contributed by atoms with Crippen LogP contribution < -0.4 is 5.32 Å². The molecule has 0 bridgehead atoms. The van der Waals surface area contributed by atoms with Crippen LogP contribution in [0.4, 0.5) is 0 Å². The van der Waals surface area contributed by atoms with Gasteiger partial charge in [0.15, 0.2) is 0 Å². The van der Waals surface area contributed by atoms with Gasteiger partial charge in [-0.25, -0.2) is 4.98 Å². The number of rotatable bonds is 4. The summed E-state index contributed by atoms with van der Waals surface area (Å²) in [5.41, 5.74) is 3.69. The molecule has 25 heavy (non-hydrogen) atoms. The van der Waals surface area contributed by atoms with Gasteiger partial charge in [0, 0.05) is 30.0 Å². The molecule has 0 unspecified atom stereocenters. The Kier molecular flexibility index (Phi) is 4.91. The second-order valence-electron chi connectivity index (χ2n) is 6.23. The van der Waals surface area contributed by atoms with Crippen molar-refractivity contribution in [2.45, 2.75) is 19.9 Å². The van der Waals surface area contributed by atoms with Gasteiger partial charge >= 0.3 is 0 Å². The number of aromatic nitrogens is 2. The summed E-state index contributed by atoms with van der Waals surface area (Å²) in [6.45, 7) is 3.97. The highest BCUT2D eigenvalue weighted by Crippen LogP contribution is 2.23. The molecule has 0 saturated heterocycles. The van der Waals surface area contributed by atoms with Gasteiger partial charge in [-0.05, 0) is 43.7 Å². The van der Waals surface area contributed by atoms with E-state index in [0.717, 1.165) is 22.5 Å². The molecule has 0 saturated carbocycles. The Hall–Kier alpha value is -2.59. The fourth-order valence-corrected chi connectivity index (χ4v) is 3.05. The van der Waals surface area contributed by atoms with E-state index in [0.29, 0.717) is 10.6 Å². The Morgan fingerprint density at radius 1 is 1.12 bits per heavy atom. The monoisotopic (exact) mass is 353 g/mol. The van der Waals surface area contributed by atoms with E-state index in [1.54, 1.807) is 6.20 Å². The molecule has 1 amide bonds. The van der Waals surface area contributed by atoms with Crippen LogP contribution in [0.2, 0.25) is 5.02 Å². The van der Waals surface area contributed by atoms with E-state index in [1.165, 1.54) is 0 Å². The van der Waals surface area contributed by atoms with Crippen molar-refractivity contribution in [2.75, 3.05) is 0 Å². The lowest BCUT2D eigenvalue weighted by molar-refractivity contribution is 0.0941. The van der Waals surface area contributed by atoms with Crippen molar-refractivity contribution in [3.8, 4) is 0 Å². The van der Waals surface area contributed by atoms with Crippen molar-refractivity contribution in [1.82, 2.24) is 14.9 Å². The molecule has 1 heterocycles. The molecule has 4 nitrogen and oxygen atoms in total. The SMILES string of the molecule is Cc1cc(C)cc(C(=O)N[C@@H](c2ccc(Cl)cc2)c2nccn2C)c1. The topological polar surface area (TPSA) is 46.9 Å². The summed E-state index contributed by atoms with van der Waals surface area (Å²) in [6.07, 6.45) is 3.59. The Morgan fingerprint density at radius 2 is 1.76 bits per heavy atom. The summed E-state index contributed by atoms with van der Waals surface area (Å²) in [5, 5.41) is 3.76. The molecule has 3 rings (SSSR count). The lowest BCUT2D eigenvalue weighted by atomic mass is 10.0. The summed E-state index contributed by atoms with van der Waals surface area (Å²) < 4.78 is 1.90. The van der Waals surface area contributed by atoms with Crippen molar-refractivity contribution >= 4 is 17.5 Å². The average Bonchev–Trinajstić information content (AvgIpc) is 2.98. The predicted octanol–water partition coefficient (Wildman–Crippen LogP) is 4.21. The highest BCUT2D eigenvalue weighted by molar-refractivity contribution is 6.30. The Labute approximate surface area is 152 Å². The third-order valence-electron chi connectivity index (χ3n) is 4.08. The summed E-state index contributed by atoms with van der Waals surface area (Å²) in [5.74, 6) is 0.634. The molecule has 128 valence electrons. The van der Waals surface area contributed by atoms with Crippen LogP contribution >= 0.6 is 11.6 Å². The first-order valence-corrected chi connectivity index (χ1v) is 8.43. The number of hydrogen-bond donors (Lipinski definition) is 1. The number of aryl methyl sites for hydroxylation is 3. The predicted molar refractivity (Wildman–Crippen MR) is 99.9 cm³/mol. The molecular formula is C20H20ClN3O. The Bertz CT molecular complexity index is 879. The molecule has 1 aromatic heterocycles. The number of carbonyl (C=O) groups excluding carboxylic acids is 1. The van der Waals surface area contributed by atoms with E-state index in [4.69, 9.17) is 11.6 Å². The maximum absolute atomic E-state index is 12.8. The Morgan fingerprint density at radius 3 is 2.32 bits per heavy atom. The minimum atomic E-state index is -0.356. The van der Waals surface area contributed by atoms with E-state index in [-0.39, 0.29) is 11.9 Å². The van der Waals surface area contributed by atoms with Crippen molar-refractivity contribution in [3.63, 3.8) is 0 Å². The summed E-state index contributed by atoms with van der Waals surface area (Å²) >= 11 is 6.00. The largest absolute Gasteiger partial charge is 0.338 e. The standard InChI is InChI=1S/C20H20ClN3O/c1-13-10-14(2)12-16(11-13)20(25)23-18(19-22-8-9-24(19)3)15-4-6-17(21)7-5-15/h4-12,18H,1-3H3,(H,23,25)/t18-/m0/s1. The number of carbonyl (C=O) groups is 1. The summed E-state index contributed by atoms with van der Waals surface area (Å²) in [4.78, 5) is 17.2. The molecule has 1 atom stereocenters.